The highest BCUT2D eigenvalue weighted by Crippen LogP contribution is 2.27. The fourth-order valence-corrected chi connectivity index (χ4v) is 1.37. The second kappa shape index (κ2) is 5.56. The van der Waals surface area contributed by atoms with Crippen molar-refractivity contribution in [2.24, 2.45) is 5.41 Å². The van der Waals surface area contributed by atoms with Crippen molar-refractivity contribution in [2.45, 2.75) is 26.8 Å². The normalized spacial score (nSPS) is 11.8. The summed E-state index contributed by atoms with van der Waals surface area (Å²) in [6, 6.07) is 2.42. The molecular formula is C12H13F4NO2. The van der Waals surface area contributed by atoms with Gasteiger partial charge in [0.05, 0.1) is 6.54 Å². The van der Waals surface area contributed by atoms with E-state index in [0.717, 1.165) is 26.0 Å². The van der Waals surface area contributed by atoms with Crippen LogP contribution in [-0.2, 0) is 11.3 Å². The van der Waals surface area contributed by atoms with E-state index in [9.17, 15) is 27.6 Å². The van der Waals surface area contributed by atoms with Gasteiger partial charge in [-0.25, -0.2) is 22.6 Å². The number of hydroxylamine groups is 2. The highest BCUT2D eigenvalue weighted by atomic mass is 19.3. The molecule has 0 saturated heterocycles. The van der Waals surface area contributed by atoms with Crippen molar-refractivity contribution in [1.29, 1.82) is 0 Å². The summed E-state index contributed by atoms with van der Waals surface area (Å²) in [6.07, 6.45) is -2.97. The Balaban J connectivity index is 2.85. The monoisotopic (exact) mass is 279 g/mol. The number of alkyl halides is 2. The topological polar surface area (TPSA) is 40.5 Å². The third-order valence-electron chi connectivity index (χ3n) is 2.59. The first-order chi connectivity index (χ1) is 8.64. The van der Waals surface area contributed by atoms with Crippen LogP contribution >= 0.6 is 0 Å². The molecule has 0 saturated carbocycles. The number of carbonyl (C=O) groups is 1. The van der Waals surface area contributed by atoms with Crippen LogP contribution in [0, 0.1) is 17.0 Å². The van der Waals surface area contributed by atoms with Crippen molar-refractivity contribution in [3.05, 3.63) is 35.4 Å². The van der Waals surface area contributed by atoms with Gasteiger partial charge in [0, 0.05) is 6.07 Å². The highest BCUT2D eigenvalue weighted by Gasteiger charge is 2.40. The second-order valence-corrected chi connectivity index (χ2v) is 4.66. The number of benzene rings is 1. The van der Waals surface area contributed by atoms with Crippen molar-refractivity contribution < 1.29 is 27.6 Å². The van der Waals surface area contributed by atoms with Gasteiger partial charge in [0.15, 0.2) is 0 Å². The van der Waals surface area contributed by atoms with Gasteiger partial charge in [-0.05, 0) is 31.5 Å². The average molecular weight is 279 g/mol. The van der Waals surface area contributed by atoms with Crippen LogP contribution in [0.2, 0.25) is 0 Å². The summed E-state index contributed by atoms with van der Waals surface area (Å²) in [5, 5.41) is 9.47. The fraction of sp³-hybridized carbons (Fsp3) is 0.417. The summed E-state index contributed by atoms with van der Waals surface area (Å²) < 4.78 is 51.0. The number of amides is 1. The third kappa shape index (κ3) is 3.66. The molecule has 1 aromatic carbocycles. The van der Waals surface area contributed by atoms with Gasteiger partial charge >= 0.3 is 0 Å². The largest absolute Gasteiger partial charge is 0.286 e. The molecule has 106 valence electrons. The van der Waals surface area contributed by atoms with Crippen LogP contribution in [0.3, 0.4) is 0 Å². The molecule has 1 rings (SSSR count). The SMILES string of the molecule is CC(C)(C(=O)N(O)Cc1cc(F)cc(F)c1)C(F)F. The number of carbonyl (C=O) groups excluding carboxylic acids is 1. The van der Waals surface area contributed by atoms with Crippen molar-refractivity contribution >= 4 is 5.91 Å². The lowest BCUT2D eigenvalue weighted by molar-refractivity contribution is -0.186. The minimum Gasteiger partial charge on any atom is -0.286 e. The van der Waals surface area contributed by atoms with Gasteiger partial charge in [-0.15, -0.1) is 0 Å². The van der Waals surface area contributed by atoms with Crippen molar-refractivity contribution in [2.75, 3.05) is 0 Å². The average Bonchev–Trinajstić information content (AvgIpc) is 2.25. The van der Waals surface area contributed by atoms with Crippen molar-refractivity contribution in [3.8, 4) is 0 Å². The number of rotatable bonds is 4. The Morgan fingerprint density at radius 1 is 1.26 bits per heavy atom. The van der Waals surface area contributed by atoms with Crippen LogP contribution < -0.4 is 0 Å². The summed E-state index contributed by atoms with van der Waals surface area (Å²) in [5.41, 5.74) is -2.13. The quantitative estimate of drug-likeness (QED) is 0.523. The van der Waals surface area contributed by atoms with E-state index >= 15 is 0 Å². The van der Waals surface area contributed by atoms with Crippen LogP contribution in [0.15, 0.2) is 18.2 Å². The molecule has 0 unspecified atom stereocenters. The standard InChI is InChI=1S/C12H13F4NO2/c1-12(2,10(15)16)11(18)17(19)6-7-3-8(13)5-9(14)4-7/h3-5,10,19H,6H2,1-2H3. The number of hydrogen-bond acceptors (Lipinski definition) is 2. The maximum Gasteiger partial charge on any atom is 0.257 e. The number of nitrogens with zero attached hydrogens (tertiary/aromatic N) is 1. The van der Waals surface area contributed by atoms with Gasteiger partial charge in [-0.1, -0.05) is 0 Å². The van der Waals surface area contributed by atoms with Gasteiger partial charge < -0.3 is 0 Å². The predicted molar refractivity (Wildman–Crippen MR) is 58.5 cm³/mol. The number of hydrogen-bond donors (Lipinski definition) is 1. The lowest BCUT2D eigenvalue weighted by Gasteiger charge is -2.27. The first kappa shape index (κ1) is 15.4. The summed E-state index contributed by atoms with van der Waals surface area (Å²) >= 11 is 0. The van der Waals surface area contributed by atoms with Gasteiger partial charge in [0.1, 0.15) is 17.0 Å². The molecule has 1 aromatic rings. The zero-order chi connectivity index (χ0) is 14.8. The van der Waals surface area contributed by atoms with E-state index in [2.05, 4.69) is 0 Å². The lowest BCUT2D eigenvalue weighted by Crippen LogP contribution is -2.42. The van der Waals surface area contributed by atoms with E-state index in [1.54, 1.807) is 0 Å². The smallest absolute Gasteiger partial charge is 0.257 e. The Morgan fingerprint density at radius 2 is 1.74 bits per heavy atom. The molecule has 3 nitrogen and oxygen atoms in total. The predicted octanol–water partition coefficient (Wildman–Crippen LogP) is 2.97. The Hall–Kier alpha value is -1.63. The molecule has 0 heterocycles. The summed E-state index contributed by atoms with van der Waals surface area (Å²) in [5.74, 6) is -3.00. The molecule has 0 bridgehead atoms. The van der Waals surface area contributed by atoms with Crippen LogP contribution in [0.25, 0.3) is 0 Å². The molecule has 7 heteroatoms. The first-order valence-corrected chi connectivity index (χ1v) is 5.38. The molecule has 0 spiro atoms. The molecule has 0 radical (unpaired) electrons. The zero-order valence-corrected chi connectivity index (χ0v) is 10.3. The lowest BCUT2D eigenvalue weighted by atomic mass is 9.93. The van der Waals surface area contributed by atoms with Crippen molar-refractivity contribution in [3.63, 3.8) is 0 Å². The molecule has 0 aliphatic heterocycles. The van der Waals surface area contributed by atoms with Crippen LogP contribution in [-0.4, -0.2) is 22.6 Å². The maximum absolute atomic E-state index is 12.9. The molecule has 0 aromatic heterocycles. The van der Waals surface area contributed by atoms with Gasteiger partial charge in [0.2, 0.25) is 0 Å². The van der Waals surface area contributed by atoms with Crippen LogP contribution in [0.4, 0.5) is 17.6 Å². The van der Waals surface area contributed by atoms with E-state index in [0.29, 0.717) is 6.07 Å². The minimum absolute atomic E-state index is 0.0281. The van der Waals surface area contributed by atoms with Crippen LogP contribution in [0.5, 0.6) is 0 Å². The van der Waals surface area contributed by atoms with Gasteiger partial charge in [0.25, 0.3) is 12.3 Å². The Kier molecular flexibility index (Phi) is 4.52. The molecule has 1 amide bonds. The van der Waals surface area contributed by atoms with Gasteiger partial charge in [-0.2, -0.15) is 0 Å². The maximum atomic E-state index is 12.9. The fourth-order valence-electron chi connectivity index (χ4n) is 1.37. The summed E-state index contributed by atoms with van der Waals surface area (Å²) in [7, 11) is 0. The number of halogens is 4. The Morgan fingerprint density at radius 3 is 2.16 bits per heavy atom. The Bertz CT molecular complexity index is 457. The van der Waals surface area contributed by atoms with Crippen molar-refractivity contribution in [1.82, 2.24) is 5.06 Å². The van der Waals surface area contributed by atoms with E-state index in [1.165, 1.54) is 0 Å². The third-order valence-corrected chi connectivity index (χ3v) is 2.59. The molecule has 0 fully saturated rings. The van der Waals surface area contributed by atoms with E-state index in [-0.39, 0.29) is 10.6 Å². The summed E-state index contributed by atoms with van der Waals surface area (Å²) in [4.78, 5) is 11.6. The van der Waals surface area contributed by atoms with E-state index < -0.39 is 35.9 Å². The van der Waals surface area contributed by atoms with E-state index in [1.807, 2.05) is 0 Å². The Labute approximate surface area is 107 Å². The molecule has 0 atom stereocenters. The summed E-state index contributed by atoms with van der Waals surface area (Å²) in [6.45, 7) is 1.36. The highest BCUT2D eigenvalue weighted by molar-refractivity contribution is 5.81. The molecular weight excluding hydrogens is 266 g/mol. The van der Waals surface area contributed by atoms with E-state index in [4.69, 9.17) is 0 Å². The zero-order valence-electron chi connectivity index (χ0n) is 10.3. The van der Waals surface area contributed by atoms with Crippen LogP contribution in [0.1, 0.15) is 19.4 Å². The second-order valence-electron chi connectivity index (χ2n) is 4.66. The molecule has 0 aliphatic carbocycles. The molecule has 19 heavy (non-hydrogen) atoms. The molecule has 0 aliphatic rings. The first-order valence-electron chi connectivity index (χ1n) is 5.38. The van der Waals surface area contributed by atoms with Gasteiger partial charge in [-0.3, -0.25) is 10.0 Å². The molecule has 1 N–H and O–H groups in total. The minimum atomic E-state index is -2.97.